The molecule has 2 rings (SSSR count). The van der Waals surface area contributed by atoms with E-state index in [0.29, 0.717) is 28.6 Å². The Hall–Kier alpha value is -1.06. The number of nitriles is 1. The van der Waals surface area contributed by atoms with Crippen molar-refractivity contribution in [3.05, 3.63) is 11.7 Å². The fourth-order valence-electron chi connectivity index (χ4n) is 2.53. The highest BCUT2D eigenvalue weighted by Crippen LogP contribution is 2.46. The van der Waals surface area contributed by atoms with Gasteiger partial charge in [0.1, 0.15) is 5.60 Å². The molecule has 1 saturated carbocycles. The van der Waals surface area contributed by atoms with Gasteiger partial charge in [-0.1, -0.05) is 19.0 Å². The highest BCUT2D eigenvalue weighted by atomic mass is 32.2. The predicted molar refractivity (Wildman–Crippen MR) is 77.0 cm³/mol. The van der Waals surface area contributed by atoms with Crippen molar-refractivity contribution in [3.63, 3.8) is 0 Å². The van der Waals surface area contributed by atoms with Crippen molar-refractivity contribution in [2.24, 2.45) is 5.41 Å². The molecule has 1 aromatic rings. The predicted octanol–water partition coefficient (Wildman–Crippen LogP) is 3.27. The largest absolute Gasteiger partial charge is 0.370 e. The summed E-state index contributed by atoms with van der Waals surface area (Å²) in [5.41, 5.74) is -0.0472. The molecule has 1 aliphatic carbocycles. The molecule has 1 aliphatic rings. The van der Waals surface area contributed by atoms with Crippen LogP contribution in [0.15, 0.2) is 4.52 Å². The lowest BCUT2D eigenvalue weighted by Gasteiger charge is -2.40. The number of hydrogen-bond donors (Lipinski definition) is 0. The number of thioether (sulfide) groups is 1. The van der Waals surface area contributed by atoms with Crippen LogP contribution in [0.2, 0.25) is 0 Å². The maximum atomic E-state index is 8.52. The standard InChI is InChI=1S/C14H21N3O2S/c1-13(2)4-6-14(18-3,7-5-13)12-16-11(19-17-12)10-20-9-8-15/h4-7,9-10H2,1-3H3. The first kappa shape index (κ1) is 15.3. The van der Waals surface area contributed by atoms with Gasteiger partial charge in [0.25, 0.3) is 0 Å². The van der Waals surface area contributed by atoms with E-state index in [1.807, 2.05) is 0 Å². The Bertz CT molecular complexity index is 483. The molecular formula is C14H21N3O2S. The second-order valence-electron chi connectivity index (χ2n) is 6.03. The molecule has 0 radical (unpaired) electrons. The average molecular weight is 295 g/mol. The molecule has 0 aromatic carbocycles. The van der Waals surface area contributed by atoms with Crippen molar-refractivity contribution < 1.29 is 9.26 Å². The number of methoxy groups -OCH3 is 1. The molecule has 0 saturated heterocycles. The second kappa shape index (κ2) is 6.15. The summed E-state index contributed by atoms with van der Waals surface area (Å²) in [7, 11) is 1.72. The highest BCUT2D eigenvalue weighted by molar-refractivity contribution is 7.98. The summed E-state index contributed by atoms with van der Waals surface area (Å²) in [6, 6.07) is 2.08. The van der Waals surface area contributed by atoms with Gasteiger partial charge in [-0.2, -0.15) is 10.2 Å². The molecule has 1 fully saturated rings. The molecule has 0 spiro atoms. The van der Waals surface area contributed by atoms with Gasteiger partial charge in [0, 0.05) is 7.11 Å². The molecule has 1 aromatic heterocycles. The molecule has 0 N–H and O–H groups in total. The number of rotatable bonds is 5. The van der Waals surface area contributed by atoms with Crippen molar-refractivity contribution >= 4 is 11.8 Å². The van der Waals surface area contributed by atoms with E-state index in [1.165, 1.54) is 11.8 Å². The van der Waals surface area contributed by atoms with Crippen LogP contribution in [0.4, 0.5) is 0 Å². The average Bonchev–Trinajstić information content (AvgIpc) is 2.89. The third-order valence-corrected chi connectivity index (χ3v) is 4.85. The van der Waals surface area contributed by atoms with Crippen LogP contribution in [0.25, 0.3) is 0 Å². The SMILES string of the molecule is COC1(c2noc(CSCC#N)n2)CCC(C)(C)CC1. The summed E-state index contributed by atoms with van der Waals surface area (Å²) in [5.74, 6) is 2.23. The van der Waals surface area contributed by atoms with Gasteiger partial charge in [-0.05, 0) is 31.1 Å². The molecular weight excluding hydrogens is 274 g/mol. The minimum Gasteiger partial charge on any atom is -0.370 e. The van der Waals surface area contributed by atoms with Gasteiger partial charge < -0.3 is 9.26 Å². The van der Waals surface area contributed by atoms with Crippen LogP contribution in [-0.2, 0) is 16.1 Å². The fourth-order valence-corrected chi connectivity index (χ4v) is 3.02. The third-order valence-electron chi connectivity index (χ3n) is 4.07. The molecule has 1 heterocycles. The van der Waals surface area contributed by atoms with Crippen molar-refractivity contribution in [2.45, 2.75) is 50.9 Å². The minimum absolute atomic E-state index is 0.358. The Kier molecular flexibility index (Phi) is 4.71. The van der Waals surface area contributed by atoms with Crippen LogP contribution in [-0.4, -0.2) is 23.0 Å². The van der Waals surface area contributed by atoms with Crippen LogP contribution in [0, 0.1) is 16.7 Å². The summed E-state index contributed by atoms with van der Waals surface area (Å²) in [6.07, 6.45) is 4.02. The zero-order valence-electron chi connectivity index (χ0n) is 12.3. The molecule has 0 amide bonds. The molecule has 6 heteroatoms. The van der Waals surface area contributed by atoms with Crippen molar-refractivity contribution in [1.82, 2.24) is 10.1 Å². The topological polar surface area (TPSA) is 71.9 Å². The van der Waals surface area contributed by atoms with Crippen molar-refractivity contribution in [2.75, 3.05) is 12.9 Å². The quantitative estimate of drug-likeness (QED) is 0.776. The van der Waals surface area contributed by atoms with Gasteiger partial charge in [-0.15, -0.1) is 11.8 Å². The van der Waals surface area contributed by atoms with Gasteiger partial charge in [0.05, 0.1) is 17.6 Å². The highest BCUT2D eigenvalue weighted by Gasteiger charge is 2.43. The van der Waals surface area contributed by atoms with Gasteiger partial charge in [0.15, 0.2) is 0 Å². The lowest BCUT2D eigenvalue weighted by molar-refractivity contribution is -0.0740. The number of hydrogen-bond acceptors (Lipinski definition) is 6. The fraction of sp³-hybridized carbons (Fsp3) is 0.786. The summed E-state index contributed by atoms with van der Waals surface area (Å²) in [4.78, 5) is 4.46. The molecule has 0 unspecified atom stereocenters. The van der Waals surface area contributed by atoms with Crippen LogP contribution in [0.3, 0.4) is 0 Å². The maximum absolute atomic E-state index is 8.52. The Morgan fingerprint density at radius 1 is 1.35 bits per heavy atom. The summed E-state index contributed by atoms with van der Waals surface area (Å²) >= 11 is 1.47. The van der Waals surface area contributed by atoms with E-state index in [2.05, 4.69) is 30.1 Å². The monoisotopic (exact) mass is 295 g/mol. The lowest BCUT2D eigenvalue weighted by Crippen LogP contribution is -2.37. The van der Waals surface area contributed by atoms with Gasteiger partial charge in [0.2, 0.25) is 11.7 Å². The van der Waals surface area contributed by atoms with E-state index in [9.17, 15) is 0 Å². The van der Waals surface area contributed by atoms with Crippen LogP contribution < -0.4 is 0 Å². The normalized spacial score (nSPS) is 20.5. The molecule has 20 heavy (non-hydrogen) atoms. The summed E-state index contributed by atoms with van der Waals surface area (Å²) in [6.45, 7) is 4.57. The first-order valence-electron chi connectivity index (χ1n) is 6.84. The van der Waals surface area contributed by atoms with Gasteiger partial charge in [-0.25, -0.2) is 0 Å². The molecule has 5 nitrogen and oxygen atoms in total. The summed E-state index contributed by atoms with van der Waals surface area (Å²) in [5, 5.41) is 12.6. The smallest absolute Gasteiger partial charge is 0.236 e. The second-order valence-corrected chi connectivity index (χ2v) is 7.01. The molecule has 0 atom stereocenters. The number of aromatic nitrogens is 2. The lowest BCUT2D eigenvalue weighted by atomic mass is 9.70. The zero-order valence-corrected chi connectivity index (χ0v) is 13.1. The van der Waals surface area contributed by atoms with E-state index >= 15 is 0 Å². The Morgan fingerprint density at radius 3 is 2.65 bits per heavy atom. The van der Waals surface area contributed by atoms with E-state index < -0.39 is 5.60 Å². The zero-order chi connectivity index (χ0) is 14.6. The Morgan fingerprint density at radius 2 is 2.05 bits per heavy atom. The number of ether oxygens (including phenoxy) is 1. The first-order chi connectivity index (χ1) is 9.51. The molecule has 0 aliphatic heterocycles. The molecule has 110 valence electrons. The van der Waals surface area contributed by atoms with Crippen LogP contribution in [0.1, 0.15) is 51.2 Å². The minimum atomic E-state index is -0.406. The van der Waals surface area contributed by atoms with Gasteiger partial charge in [-0.3, -0.25) is 0 Å². The van der Waals surface area contributed by atoms with Crippen LogP contribution in [0.5, 0.6) is 0 Å². The van der Waals surface area contributed by atoms with E-state index in [1.54, 1.807) is 7.11 Å². The van der Waals surface area contributed by atoms with E-state index in [0.717, 1.165) is 25.7 Å². The third kappa shape index (κ3) is 3.33. The Labute approximate surface area is 124 Å². The van der Waals surface area contributed by atoms with Crippen LogP contribution >= 0.6 is 11.8 Å². The molecule has 0 bridgehead atoms. The number of nitrogens with zero attached hydrogens (tertiary/aromatic N) is 3. The van der Waals surface area contributed by atoms with E-state index in [4.69, 9.17) is 14.5 Å². The maximum Gasteiger partial charge on any atom is 0.236 e. The first-order valence-corrected chi connectivity index (χ1v) is 8.00. The van der Waals surface area contributed by atoms with Gasteiger partial charge >= 0.3 is 0 Å². The van der Waals surface area contributed by atoms with Crippen molar-refractivity contribution in [3.8, 4) is 6.07 Å². The Balaban J connectivity index is 2.07. The van der Waals surface area contributed by atoms with E-state index in [-0.39, 0.29) is 0 Å². The van der Waals surface area contributed by atoms with Crippen molar-refractivity contribution in [1.29, 1.82) is 5.26 Å². The summed E-state index contributed by atoms with van der Waals surface area (Å²) < 4.78 is 11.0.